The second-order valence-electron chi connectivity index (χ2n) is 1.14. The Hall–Kier alpha value is 0.660. The van der Waals surface area contributed by atoms with Crippen LogP contribution in [0.15, 0.2) is 0 Å². The van der Waals surface area contributed by atoms with Gasteiger partial charge in [-0.25, -0.2) is 0 Å². The molecule has 0 aromatic rings. The van der Waals surface area contributed by atoms with E-state index in [0.717, 1.165) is 0 Å². The number of methoxy groups -OCH3 is 1. The van der Waals surface area contributed by atoms with Gasteiger partial charge in [0.2, 0.25) is 0 Å². The maximum atomic E-state index is 4.67. The van der Waals surface area contributed by atoms with Crippen LogP contribution in [0.3, 0.4) is 0 Å². The Bertz CT molecular complexity index is 38.5. The molecule has 0 saturated carbocycles. The van der Waals surface area contributed by atoms with Gasteiger partial charge in [-0.1, -0.05) is 0 Å². The van der Waals surface area contributed by atoms with Crippen LogP contribution in [-0.2, 0) is 4.74 Å². The minimum absolute atomic E-state index is 0.569. The summed E-state index contributed by atoms with van der Waals surface area (Å²) in [6.45, 7) is 1.75. The zero-order valence-electron chi connectivity index (χ0n) is 3.80. The van der Waals surface area contributed by atoms with E-state index in [0.29, 0.717) is 0 Å². The lowest BCUT2D eigenvalue weighted by Crippen LogP contribution is -2.07. The Morgan fingerprint density at radius 3 is 1.67 bits per heavy atom. The fraction of sp³-hybridized carbons (Fsp3) is 1.00. The standard InChI is InChI=1S/C3H8OS2/c1-3(5,6)4-2/h5-6H,1-2H3. The highest BCUT2D eigenvalue weighted by atomic mass is 32.2. The van der Waals surface area contributed by atoms with Gasteiger partial charge in [-0.2, -0.15) is 0 Å². The van der Waals surface area contributed by atoms with Crippen LogP contribution in [0, 0.1) is 0 Å². The van der Waals surface area contributed by atoms with Crippen molar-refractivity contribution in [2.75, 3.05) is 7.11 Å². The summed E-state index contributed by atoms with van der Waals surface area (Å²) in [5.41, 5.74) is 0. The normalized spacial score (nSPS) is 12.0. The molecule has 0 radical (unpaired) electrons. The molecular weight excluding hydrogens is 116 g/mol. The van der Waals surface area contributed by atoms with E-state index < -0.39 is 4.27 Å². The minimum atomic E-state index is -0.569. The summed E-state index contributed by atoms with van der Waals surface area (Å²) in [5.74, 6) is 0. The fourth-order valence-corrected chi connectivity index (χ4v) is 0. The number of rotatable bonds is 1. The molecule has 1 nitrogen and oxygen atoms in total. The molecule has 0 bridgehead atoms. The van der Waals surface area contributed by atoms with Crippen LogP contribution in [-0.4, -0.2) is 11.4 Å². The van der Waals surface area contributed by atoms with Crippen molar-refractivity contribution in [1.29, 1.82) is 0 Å². The van der Waals surface area contributed by atoms with Crippen molar-refractivity contribution in [3.8, 4) is 0 Å². The third kappa shape index (κ3) is 4.66. The highest BCUT2D eigenvalue weighted by Gasteiger charge is 2.06. The quantitative estimate of drug-likeness (QED) is 0.394. The maximum Gasteiger partial charge on any atom is 0.151 e. The first kappa shape index (κ1) is 6.66. The van der Waals surface area contributed by atoms with Gasteiger partial charge in [-0.3, -0.25) is 0 Å². The molecule has 0 rings (SSSR count). The molecule has 3 heteroatoms. The Kier molecular flexibility index (Phi) is 2.33. The molecule has 0 unspecified atom stereocenters. The Balaban J connectivity index is 3.17. The van der Waals surface area contributed by atoms with Gasteiger partial charge in [0.25, 0.3) is 0 Å². The van der Waals surface area contributed by atoms with E-state index in [4.69, 9.17) is 0 Å². The molecule has 0 atom stereocenters. The molecule has 0 saturated heterocycles. The first-order valence-electron chi connectivity index (χ1n) is 1.56. The van der Waals surface area contributed by atoms with Crippen LogP contribution in [0.1, 0.15) is 6.92 Å². The highest BCUT2D eigenvalue weighted by Crippen LogP contribution is 2.17. The van der Waals surface area contributed by atoms with Crippen LogP contribution in [0.2, 0.25) is 0 Å². The smallest absolute Gasteiger partial charge is 0.151 e. The van der Waals surface area contributed by atoms with Crippen molar-refractivity contribution in [1.82, 2.24) is 0 Å². The van der Waals surface area contributed by atoms with E-state index in [-0.39, 0.29) is 0 Å². The fourth-order valence-electron chi connectivity index (χ4n) is 0. The molecule has 0 aromatic carbocycles. The van der Waals surface area contributed by atoms with Crippen LogP contribution < -0.4 is 0 Å². The van der Waals surface area contributed by atoms with Crippen molar-refractivity contribution in [2.24, 2.45) is 0 Å². The Morgan fingerprint density at radius 1 is 1.50 bits per heavy atom. The van der Waals surface area contributed by atoms with Crippen LogP contribution in [0.4, 0.5) is 0 Å². The third-order valence-corrected chi connectivity index (χ3v) is 0.752. The molecule has 0 amide bonds. The van der Waals surface area contributed by atoms with Crippen molar-refractivity contribution < 1.29 is 4.74 Å². The van der Waals surface area contributed by atoms with Crippen LogP contribution >= 0.6 is 25.3 Å². The Morgan fingerprint density at radius 2 is 1.67 bits per heavy atom. The van der Waals surface area contributed by atoms with Crippen molar-refractivity contribution in [2.45, 2.75) is 11.2 Å². The number of hydrogen-bond acceptors (Lipinski definition) is 3. The van der Waals surface area contributed by atoms with E-state index in [2.05, 4.69) is 30.0 Å². The predicted octanol–water partition coefficient (Wildman–Crippen LogP) is 1.17. The van der Waals surface area contributed by atoms with Gasteiger partial charge in [0.1, 0.15) is 0 Å². The van der Waals surface area contributed by atoms with Gasteiger partial charge in [-0.05, 0) is 6.92 Å². The van der Waals surface area contributed by atoms with E-state index in [1.54, 1.807) is 14.0 Å². The molecule has 0 aliphatic rings. The summed E-state index contributed by atoms with van der Waals surface area (Å²) in [6, 6.07) is 0. The molecule has 0 aliphatic heterocycles. The summed E-state index contributed by atoms with van der Waals surface area (Å²) in [6.07, 6.45) is 0. The van der Waals surface area contributed by atoms with Crippen molar-refractivity contribution in [3.05, 3.63) is 0 Å². The van der Waals surface area contributed by atoms with Gasteiger partial charge in [0.05, 0.1) is 0 Å². The topological polar surface area (TPSA) is 9.23 Å². The van der Waals surface area contributed by atoms with Gasteiger partial charge in [0, 0.05) is 7.11 Å². The summed E-state index contributed by atoms with van der Waals surface area (Å²) in [7, 11) is 1.56. The number of hydrogen-bond donors (Lipinski definition) is 2. The molecule has 0 aromatic heterocycles. The molecule has 0 heterocycles. The van der Waals surface area contributed by atoms with Crippen LogP contribution in [0.5, 0.6) is 0 Å². The lowest BCUT2D eigenvalue weighted by molar-refractivity contribution is 0.165. The maximum absolute atomic E-state index is 4.67. The van der Waals surface area contributed by atoms with Gasteiger partial charge < -0.3 is 4.74 Å². The minimum Gasteiger partial charge on any atom is -0.359 e. The van der Waals surface area contributed by atoms with E-state index >= 15 is 0 Å². The monoisotopic (exact) mass is 124 g/mol. The lowest BCUT2D eigenvalue weighted by atomic mass is 10.8. The molecule has 0 aliphatic carbocycles. The molecule has 0 spiro atoms. The first-order chi connectivity index (χ1) is 2.56. The molecule has 38 valence electrons. The first-order valence-corrected chi connectivity index (χ1v) is 2.45. The van der Waals surface area contributed by atoms with Gasteiger partial charge in [0.15, 0.2) is 4.27 Å². The molecule has 6 heavy (non-hydrogen) atoms. The second kappa shape index (κ2) is 2.09. The van der Waals surface area contributed by atoms with Gasteiger partial charge >= 0.3 is 0 Å². The SMILES string of the molecule is COC(C)(S)S. The van der Waals surface area contributed by atoms with Crippen molar-refractivity contribution in [3.63, 3.8) is 0 Å². The van der Waals surface area contributed by atoms with Crippen molar-refractivity contribution >= 4 is 25.3 Å². The lowest BCUT2D eigenvalue weighted by Gasteiger charge is -2.11. The predicted molar refractivity (Wildman–Crippen MR) is 33.4 cm³/mol. The van der Waals surface area contributed by atoms with Crippen LogP contribution in [0.25, 0.3) is 0 Å². The summed E-state index contributed by atoms with van der Waals surface area (Å²) >= 11 is 7.79. The molecular formula is C3H8OS2. The van der Waals surface area contributed by atoms with Gasteiger partial charge in [-0.15, -0.1) is 25.3 Å². The third-order valence-electron chi connectivity index (χ3n) is 0.387. The second-order valence-corrected chi connectivity index (χ2v) is 3.20. The molecule has 0 fully saturated rings. The van der Waals surface area contributed by atoms with E-state index in [1.807, 2.05) is 0 Å². The average molecular weight is 124 g/mol. The number of ether oxygens (including phenoxy) is 1. The largest absolute Gasteiger partial charge is 0.359 e. The average Bonchev–Trinajstić information content (AvgIpc) is 1.35. The van der Waals surface area contributed by atoms with E-state index in [1.165, 1.54) is 0 Å². The zero-order valence-corrected chi connectivity index (χ0v) is 5.59. The Labute approximate surface area is 48.9 Å². The molecule has 0 N–H and O–H groups in total. The summed E-state index contributed by atoms with van der Waals surface area (Å²) in [4.78, 5) is 0. The van der Waals surface area contributed by atoms with E-state index in [9.17, 15) is 0 Å². The number of thiol groups is 2. The zero-order chi connectivity index (χ0) is 5.21. The summed E-state index contributed by atoms with van der Waals surface area (Å²) in [5, 5.41) is 0. The highest BCUT2D eigenvalue weighted by molar-refractivity contribution is 8.00. The summed E-state index contributed by atoms with van der Waals surface area (Å²) < 4.78 is 4.10.